The Morgan fingerprint density at radius 3 is 2.60 bits per heavy atom. The fourth-order valence-corrected chi connectivity index (χ4v) is 3.02. The number of hydrogen-bond acceptors (Lipinski definition) is 4. The predicted molar refractivity (Wildman–Crippen MR) is 77.1 cm³/mol. The zero-order valence-corrected chi connectivity index (χ0v) is 12.5. The number of hydrogen-bond donors (Lipinski definition) is 1. The maximum absolute atomic E-state index is 10.1. The predicted octanol–water partition coefficient (Wildman–Crippen LogP) is 2.99. The highest BCUT2D eigenvalue weighted by Gasteiger charge is 2.32. The minimum absolute atomic E-state index is 0.244. The van der Waals surface area contributed by atoms with Crippen molar-refractivity contribution in [2.24, 2.45) is 11.3 Å². The molecule has 2 heterocycles. The van der Waals surface area contributed by atoms with Crippen molar-refractivity contribution in [2.45, 2.75) is 33.7 Å². The highest BCUT2D eigenvalue weighted by Crippen LogP contribution is 2.39. The Balaban J connectivity index is 1.70. The Bertz CT molecular complexity index is 507. The van der Waals surface area contributed by atoms with Gasteiger partial charge in [0.05, 0.1) is 0 Å². The van der Waals surface area contributed by atoms with Crippen LogP contribution in [-0.2, 0) is 6.54 Å². The first-order valence-corrected chi connectivity index (χ1v) is 7.27. The third kappa shape index (κ3) is 2.57. The zero-order chi connectivity index (χ0) is 14.3. The van der Waals surface area contributed by atoms with Crippen molar-refractivity contribution in [3.8, 4) is 17.2 Å². The van der Waals surface area contributed by atoms with E-state index in [1.807, 2.05) is 6.07 Å². The van der Waals surface area contributed by atoms with Crippen molar-refractivity contribution < 1.29 is 14.6 Å². The van der Waals surface area contributed by atoms with Gasteiger partial charge in [-0.25, -0.2) is 0 Å². The Labute approximate surface area is 120 Å². The average molecular weight is 277 g/mol. The van der Waals surface area contributed by atoms with Gasteiger partial charge < -0.3 is 14.6 Å². The Morgan fingerprint density at radius 2 is 1.95 bits per heavy atom. The second-order valence-corrected chi connectivity index (χ2v) is 6.92. The monoisotopic (exact) mass is 277 g/mol. The van der Waals surface area contributed by atoms with Crippen LogP contribution in [0, 0.1) is 11.3 Å². The summed E-state index contributed by atoms with van der Waals surface area (Å²) < 4.78 is 10.7. The maximum Gasteiger partial charge on any atom is 0.231 e. The molecule has 0 aliphatic carbocycles. The molecule has 4 heteroatoms. The van der Waals surface area contributed by atoms with Crippen molar-refractivity contribution in [1.29, 1.82) is 0 Å². The molecule has 0 aromatic heterocycles. The molecule has 4 nitrogen and oxygen atoms in total. The molecule has 0 amide bonds. The molecule has 1 aromatic rings. The number of likely N-dealkylation sites (tertiary alicyclic amines) is 1. The normalized spacial score (nSPS) is 22.4. The van der Waals surface area contributed by atoms with E-state index < -0.39 is 0 Å². The summed E-state index contributed by atoms with van der Waals surface area (Å²) >= 11 is 0. The van der Waals surface area contributed by atoms with Crippen LogP contribution in [0.3, 0.4) is 0 Å². The van der Waals surface area contributed by atoms with Gasteiger partial charge in [-0.1, -0.05) is 20.8 Å². The summed E-state index contributed by atoms with van der Waals surface area (Å²) in [7, 11) is 0. The number of nitrogens with zero attached hydrogens (tertiary/aromatic N) is 1. The number of phenols is 1. The van der Waals surface area contributed by atoms with Crippen LogP contribution in [-0.4, -0.2) is 29.9 Å². The lowest BCUT2D eigenvalue weighted by molar-refractivity contribution is 0.174. The zero-order valence-electron chi connectivity index (χ0n) is 12.5. The quantitative estimate of drug-likeness (QED) is 0.902. The number of benzene rings is 1. The lowest BCUT2D eigenvalue weighted by Crippen LogP contribution is -2.25. The van der Waals surface area contributed by atoms with E-state index in [0.717, 1.165) is 36.9 Å². The van der Waals surface area contributed by atoms with E-state index in [9.17, 15) is 5.11 Å². The van der Waals surface area contributed by atoms with E-state index in [1.165, 1.54) is 6.42 Å². The second-order valence-electron chi connectivity index (χ2n) is 6.92. The van der Waals surface area contributed by atoms with Crippen molar-refractivity contribution in [2.75, 3.05) is 19.9 Å². The van der Waals surface area contributed by atoms with Gasteiger partial charge in [0.25, 0.3) is 0 Å². The van der Waals surface area contributed by atoms with Crippen molar-refractivity contribution in [3.05, 3.63) is 17.7 Å². The van der Waals surface area contributed by atoms with Gasteiger partial charge >= 0.3 is 0 Å². The van der Waals surface area contributed by atoms with Gasteiger partial charge in [-0.2, -0.15) is 0 Å². The molecular formula is C16H23NO3. The molecule has 110 valence electrons. The molecule has 2 aliphatic heterocycles. The third-order valence-electron chi connectivity index (χ3n) is 4.46. The fourth-order valence-electron chi connectivity index (χ4n) is 3.02. The lowest BCUT2D eigenvalue weighted by Gasteiger charge is -2.27. The van der Waals surface area contributed by atoms with Crippen LogP contribution in [0.4, 0.5) is 0 Å². The van der Waals surface area contributed by atoms with Gasteiger partial charge in [0.1, 0.15) is 5.75 Å². The van der Waals surface area contributed by atoms with E-state index >= 15 is 0 Å². The highest BCUT2D eigenvalue weighted by molar-refractivity contribution is 5.51. The van der Waals surface area contributed by atoms with Gasteiger partial charge in [0, 0.05) is 24.7 Å². The molecule has 0 saturated carbocycles. The van der Waals surface area contributed by atoms with E-state index in [4.69, 9.17) is 9.47 Å². The van der Waals surface area contributed by atoms with Crippen LogP contribution >= 0.6 is 0 Å². The number of rotatable bonds is 2. The summed E-state index contributed by atoms with van der Waals surface area (Å²) in [6.45, 7) is 10.1. The highest BCUT2D eigenvalue weighted by atomic mass is 16.7. The molecule has 1 atom stereocenters. The topological polar surface area (TPSA) is 41.9 Å². The molecule has 1 fully saturated rings. The van der Waals surface area contributed by atoms with E-state index in [0.29, 0.717) is 16.9 Å². The standard InChI is InChI=1S/C16H23NO3/c1-16(2,3)12-4-5-17(9-12)8-11-6-14-15(7-13(11)18)20-10-19-14/h6-7,12,18H,4-5,8-10H2,1-3H3. The molecule has 20 heavy (non-hydrogen) atoms. The third-order valence-corrected chi connectivity index (χ3v) is 4.46. The van der Waals surface area contributed by atoms with E-state index in [2.05, 4.69) is 25.7 Å². The molecule has 0 spiro atoms. The van der Waals surface area contributed by atoms with Crippen molar-refractivity contribution in [3.63, 3.8) is 0 Å². The number of ether oxygens (including phenoxy) is 2. The summed E-state index contributed by atoms with van der Waals surface area (Å²) in [6, 6.07) is 3.57. The van der Waals surface area contributed by atoms with Crippen LogP contribution in [0.1, 0.15) is 32.8 Å². The van der Waals surface area contributed by atoms with Gasteiger partial charge in [0.15, 0.2) is 11.5 Å². The first-order chi connectivity index (χ1) is 9.43. The molecule has 1 unspecified atom stereocenters. The summed E-state index contributed by atoms with van der Waals surface area (Å²) in [4.78, 5) is 2.41. The summed E-state index contributed by atoms with van der Waals surface area (Å²) in [6.07, 6.45) is 1.23. The minimum atomic E-state index is 0.244. The molecule has 1 aromatic carbocycles. The number of aromatic hydroxyl groups is 1. The van der Waals surface area contributed by atoms with Gasteiger partial charge in [0.2, 0.25) is 6.79 Å². The first-order valence-electron chi connectivity index (χ1n) is 7.27. The Hall–Kier alpha value is -1.42. The smallest absolute Gasteiger partial charge is 0.231 e. The van der Waals surface area contributed by atoms with Crippen LogP contribution in [0.5, 0.6) is 17.2 Å². The van der Waals surface area contributed by atoms with Crippen LogP contribution < -0.4 is 9.47 Å². The average Bonchev–Trinajstić information content (AvgIpc) is 2.97. The Kier molecular flexibility index (Phi) is 3.28. The van der Waals surface area contributed by atoms with Crippen LogP contribution in [0.25, 0.3) is 0 Å². The van der Waals surface area contributed by atoms with Crippen molar-refractivity contribution in [1.82, 2.24) is 4.90 Å². The summed E-state index contributed by atoms with van der Waals surface area (Å²) in [5.41, 5.74) is 1.27. The van der Waals surface area contributed by atoms with Gasteiger partial charge in [-0.3, -0.25) is 4.90 Å². The largest absolute Gasteiger partial charge is 0.507 e. The fraction of sp³-hybridized carbons (Fsp3) is 0.625. The van der Waals surface area contributed by atoms with E-state index in [1.54, 1.807) is 6.07 Å². The van der Waals surface area contributed by atoms with Crippen LogP contribution in [0.2, 0.25) is 0 Å². The molecule has 1 N–H and O–H groups in total. The molecule has 2 aliphatic rings. The first kappa shape index (κ1) is 13.6. The van der Waals surface area contributed by atoms with Gasteiger partial charge in [-0.05, 0) is 30.4 Å². The second kappa shape index (κ2) is 4.85. The maximum atomic E-state index is 10.1. The van der Waals surface area contributed by atoms with E-state index in [-0.39, 0.29) is 6.79 Å². The summed E-state index contributed by atoms with van der Waals surface area (Å²) in [5, 5.41) is 10.1. The summed E-state index contributed by atoms with van der Waals surface area (Å²) in [5.74, 6) is 2.40. The van der Waals surface area contributed by atoms with Gasteiger partial charge in [-0.15, -0.1) is 0 Å². The van der Waals surface area contributed by atoms with Crippen molar-refractivity contribution >= 4 is 0 Å². The Morgan fingerprint density at radius 1 is 1.25 bits per heavy atom. The molecular weight excluding hydrogens is 254 g/mol. The molecule has 1 saturated heterocycles. The SMILES string of the molecule is CC(C)(C)C1CCN(Cc2cc3c(cc2O)OCO3)C1. The molecule has 0 bridgehead atoms. The van der Waals surface area contributed by atoms with Crippen LogP contribution in [0.15, 0.2) is 12.1 Å². The number of fused-ring (bicyclic) bond motifs is 1. The lowest BCUT2D eigenvalue weighted by atomic mass is 9.80. The number of phenolic OH excluding ortho intramolecular Hbond substituents is 1. The minimum Gasteiger partial charge on any atom is -0.507 e. The molecule has 0 radical (unpaired) electrons. The molecule has 3 rings (SSSR count).